The van der Waals surface area contributed by atoms with Crippen LogP contribution in [0.1, 0.15) is 167 Å². The third kappa shape index (κ3) is 28.7. The van der Waals surface area contributed by atoms with Gasteiger partial charge in [-0.05, 0) is 255 Å². The third-order valence-electron chi connectivity index (χ3n) is 27.5. The minimum Gasteiger partial charge on any atom is -0.472 e. The lowest BCUT2D eigenvalue weighted by atomic mass is 9.87. The van der Waals surface area contributed by atoms with E-state index in [-0.39, 0.29) is 42.0 Å². The molecule has 6 N–H and O–H groups in total. The molecule has 22 rings (SSSR count). The van der Waals surface area contributed by atoms with Gasteiger partial charge < -0.3 is 91.6 Å². The van der Waals surface area contributed by atoms with Crippen molar-refractivity contribution in [2.24, 2.45) is 0 Å². The van der Waals surface area contributed by atoms with Gasteiger partial charge in [-0.2, -0.15) is 0 Å². The number of hydrogen-bond acceptors (Lipinski definition) is 19. The maximum Gasteiger partial charge on any atom is 0.127 e. The van der Waals surface area contributed by atoms with Gasteiger partial charge in [-0.3, -0.25) is 0 Å². The van der Waals surface area contributed by atoms with E-state index in [1.54, 1.807) is 37.6 Å². The lowest BCUT2D eigenvalue weighted by Gasteiger charge is -2.31. The van der Waals surface area contributed by atoms with E-state index in [0.29, 0.717) is 75.1 Å². The van der Waals surface area contributed by atoms with Gasteiger partial charge in [0.15, 0.2) is 0 Å². The molecule has 0 amide bonds. The van der Waals surface area contributed by atoms with Crippen LogP contribution in [0.5, 0.6) is 11.5 Å². The molecular formula is C120H134N6O13. The van der Waals surface area contributed by atoms with Crippen LogP contribution in [0.25, 0.3) is 32.7 Å². The number of hydrogen-bond donors (Lipinski definition) is 6. The molecule has 0 aliphatic carbocycles. The van der Waals surface area contributed by atoms with E-state index in [2.05, 4.69) is 265 Å². The molecule has 6 aliphatic rings. The maximum atomic E-state index is 6.31. The summed E-state index contributed by atoms with van der Waals surface area (Å²) in [7, 11) is 0. The second-order valence-corrected chi connectivity index (χ2v) is 37.9. The first-order chi connectivity index (χ1) is 68.6. The fraction of sp³-hybridized carbons (Fsp3) is 0.333. The van der Waals surface area contributed by atoms with Gasteiger partial charge in [-0.1, -0.05) is 239 Å². The van der Waals surface area contributed by atoms with Crippen LogP contribution in [0.15, 0.2) is 387 Å². The van der Waals surface area contributed by atoms with E-state index in [4.69, 9.17) is 59.7 Å². The second kappa shape index (κ2) is 51.6. The summed E-state index contributed by atoms with van der Waals surface area (Å²) in [4.78, 5) is 0. The predicted octanol–water partition coefficient (Wildman–Crippen LogP) is 24.7. The summed E-state index contributed by atoms with van der Waals surface area (Å²) < 4.78 is 74.7. The highest BCUT2D eigenvalue weighted by Crippen LogP contribution is 2.37. The van der Waals surface area contributed by atoms with E-state index < -0.39 is 0 Å². The summed E-state index contributed by atoms with van der Waals surface area (Å²) in [5.74, 6) is 4.13. The molecule has 12 atom stereocenters. The molecule has 16 aromatic rings. The molecule has 139 heavy (non-hydrogen) atoms. The fourth-order valence-corrected chi connectivity index (χ4v) is 19.6. The van der Waals surface area contributed by atoms with Crippen molar-refractivity contribution >= 4 is 21.5 Å². The van der Waals surface area contributed by atoms with Crippen molar-refractivity contribution in [2.75, 3.05) is 78.5 Å². The van der Waals surface area contributed by atoms with Gasteiger partial charge in [-0.15, -0.1) is 0 Å². The van der Waals surface area contributed by atoms with Gasteiger partial charge in [0, 0.05) is 74.8 Å². The topological polar surface area (TPSA) is 216 Å². The summed E-state index contributed by atoms with van der Waals surface area (Å²) in [5.41, 5.74) is 18.8. The highest BCUT2D eigenvalue weighted by atomic mass is 16.5. The average molecular weight is 1870 g/mol. The fourth-order valence-electron chi connectivity index (χ4n) is 19.6. The summed E-state index contributed by atoms with van der Waals surface area (Å²) in [5, 5.41) is 25.7. The van der Waals surface area contributed by atoms with Crippen molar-refractivity contribution < 1.29 is 59.7 Å². The van der Waals surface area contributed by atoms with E-state index in [0.717, 1.165) is 134 Å². The third-order valence-corrected chi connectivity index (χ3v) is 27.5. The van der Waals surface area contributed by atoms with Crippen molar-refractivity contribution in [3.8, 4) is 22.6 Å². The van der Waals surface area contributed by atoms with E-state index in [1.165, 1.54) is 99.4 Å². The molecule has 0 saturated carbocycles. The number of nitrogens with one attached hydrogen (secondary N) is 6. The lowest BCUT2D eigenvalue weighted by Crippen LogP contribution is -2.40. The lowest BCUT2D eigenvalue weighted by molar-refractivity contribution is 0.0104. The minimum absolute atomic E-state index is 0.154. The number of ether oxygens (including phenoxy) is 7. The molecule has 722 valence electrons. The van der Waals surface area contributed by atoms with E-state index in [1.807, 2.05) is 110 Å². The normalized spacial score (nSPS) is 21.4. The van der Waals surface area contributed by atoms with Crippen LogP contribution in [0.3, 0.4) is 0 Å². The van der Waals surface area contributed by atoms with Crippen LogP contribution < -0.4 is 36.6 Å². The Morgan fingerprint density at radius 1 is 0.252 bits per heavy atom. The largest absolute Gasteiger partial charge is 0.472 e. The average Bonchev–Trinajstić information content (AvgIpc) is 1.82. The quantitative estimate of drug-likeness (QED) is 0.0282. The van der Waals surface area contributed by atoms with Gasteiger partial charge in [0.25, 0.3) is 0 Å². The Bertz CT molecular complexity index is 6070. The molecule has 12 heterocycles. The van der Waals surface area contributed by atoms with Gasteiger partial charge in [0.05, 0.1) is 151 Å². The highest BCUT2D eigenvalue weighted by molar-refractivity contribution is 5.85. The molecule has 6 aromatic heterocycles. The Morgan fingerprint density at radius 3 is 0.928 bits per heavy atom. The van der Waals surface area contributed by atoms with Crippen LogP contribution >= 0.6 is 0 Å². The second-order valence-electron chi connectivity index (χ2n) is 37.9. The first-order valence-electron chi connectivity index (χ1n) is 49.7. The maximum absolute atomic E-state index is 6.31. The first kappa shape index (κ1) is 98.3. The summed E-state index contributed by atoms with van der Waals surface area (Å²) >= 11 is 0. The van der Waals surface area contributed by atoms with E-state index in [9.17, 15) is 0 Å². The molecule has 6 saturated heterocycles. The standard InChI is InChI=1S/C22H23NO3.C22H23NO2.2C20H21NO2.C20H27NO2.C16H19NO2/c1-2-4-19(5-3-1)26-20-8-6-17(7-9-20)15-25-22-14-23-12-10-21(22)18-11-13-24-16-18;1-2-4-18(5-3-1)19-8-6-17(7-9-19)15-25-22-14-23-12-10-21(22)20-11-13-24-16-20;1-2-7-18-15(4-1)5-3-6-16(18)14-23-20-12-21-10-8-19(20)17-9-11-22-13-17;1-2-4-17-11-15(5-6-16(17)3-1)13-23-20-12-21-9-7-19(20)18-8-10-22-14-18;1-20(2,3)17-6-4-15(5-7-17)13-23-19-12-21-10-8-18(19)16-9-11-22-14-16;1-2-4-13(5-3-1)11-19-16-10-17-8-6-15(16)14-7-9-18-12-14/h1-9,11,13,16,21-23H,10,12,14-15H2;1-9,11,13,16,21-23H,10,12,14-15H2;1-7,9,11,13,19-21H,8,10,12,14H2;1-6,8,10-11,14,19-21H,7,9,12-13H2;4-7,9,11,14,18-19,21H,8,10,12-13H2,1-3H3;1-5,7,9,12,15-17H,6,8,10-11H2. The van der Waals surface area contributed by atoms with Gasteiger partial charge in [0.2, 0.25) is 0 Å². The minimum atomic E-state index is 0.154. The first-order valence-corrected chi connectivity index (χ1v) is 49.7. The molecule has 0 radical (unpaired) electrons. The number of rotatable bonds is 27. The summed E-state index contributed by atoms with van der Waals surface area (Å²) in [6, 6.07) is 98.3. The zero-order chi connectivity index (χ0) is 94.7. The molecule has 0 bridgehead atoms. The predicted molar refractivity (Wildman–Crippen MR) is 549 cm³/mol. The van der Waals surface area contributed by atoms with Crippen LogP contribution in [0.4, 0.5) is 0 Å². The number of piperidine rings is 6. The van der Waals surface area contributed by atoms with Crippen molar-refractivity contribution in [3.63, 3.8) is 0 Å². The SMILES string of the molecule is CC(C)(C)c1ccc(COC2CNCCC2c2ccoc2)cc1.c1ccc(-c2ccc(COC3CNCCC3c3ccoc3)cc2)cc1.c1ccc(COC2CNCCC2c2ccoc2)cc1.c1ccc(Oc2ccc(COC3CNCCC3c3ccoc3)cc2)cc1.c1ccc2c(COC3CNCCC3c3ccoc3)cccc2c1.c1ccc2cc(COC3CNCCC3c3ccoc3)ccc2c1. The molecule has 6 aliphatic heterocycles. The smallest absolute Gasteiger partial charge is 0.127 e. The number of furan rings is 6. The zero-order valence-corrected chi connectivity index (χ0v) is 80.3. The van der Waals surface area contributed by atoms with Gasteiger partial charge >= 0.3 is 0 Å². The van der Waals surface area contributed by atoms with Crippen LogP contribution in [-0.4, -0.2) is 115 Å². The summed E-state index contributed by atoms with van der Waals surface area (Å²) in [6.45, 7) is 22.1. The summed E-state index contributed by atoms with van der Waals surface area (Å²) in [6.07, 6.45) is 29.2. The van der Waals surface area contributed by atoms with Crippen LogP contribution in [0, 0.1) is 0 Å². The van der Waals surface area contributed by atoms with Crippen molar-refractivity contribution in [2.45, 2.75) is 176 Å². The zero-order valence-electron chi connectivity index (χ0n) is 80.3. The Kier molecular flexibility index (Phi) is 36.5. The molecule has 12 unspecified atom stereocenters. The van der Waals surface area contributed by atoms with Gasteiger partial charge in [0.1, 0.15) is 11.5 Å². The Hall–Kier alpha value is -12.3. The molecule has 19 heteroatoms. The molecule has 6 fully saturated rings. The highest BCUT2D eigenvalue weighted by Gasteiger charge is 2.34. The van der Waals surface area contributed by atoms with Crippen molar-refractivity contribution in [1.82, 2.24) is 31.9 Å². The van der Waals surface area contributed by atoms with Crippen molar-refractivity contribution in [1.29, 1.82) is 0 Å². The van der Waals surface area contributed by atoms with Crippen LogP contribution in [-0.2, 0) is 73.5 Å². The Morgan fingerprint density at radius 2 is 0.547 bits per heavy atom. The monoisotopic (exact) mass is 1870 g/mol. The Balaban J connectivity index is 0.000000115. The van der Waals surface area contributed by atoms with Crippen molar-refractivity contribution in [3.05, 3.63) is 433 Å². The molecule has 19 nitrogen and oxygen atoms in total. The van der Waals surface area contributed by atoms with Gasteiger partial charge in [-0.25, -0.2) is 0 Å². The number of para-hydroxylation sites is 1. The number of fused-ring (bicyclic) bond motifs is 2. The molecule has 10 aromatic carbocycles. The molecule has 0 spiro atoms. The Labute approximate surface area is 818 Å². The molecular weight excluding hydrogens is 1730 g/mol. The number of benzene rings is 10. The van der Waals surface area contributed by atoms with E-state index >= 15 is 0 Å². The van der Waals surface area contributed by atoms with Crippen LogP contribution in [0.2, 0.25) is 0 Å².